The molecule has 0 unspecified atom stereocenters. The summed E-state index contributed by atoms with van der Waals surface area (Å²) in [7, 11) is 3.12. The number of para-hydroxylation sites is 1. The Bertz CT molecular complexity index is 1480. The van der Waals surface area contributed by atoms with E-state index in [2.05, 4.69) is 10.2 Å². The summed E-state index contributed by atoms with van der Waals surface area (Å²) < 4.78 is 21.6. The van der Waals surface area contributed by atoms with Crippen molar-refractivity contribution in [3.05, 3.63) is 78.4 Å². The molecule has 1 saturated heterocycles. The van der Waals surface area contributed by atoms with Crippen LogP contribution in [-0.4, -0.2) is 64.0 Å². The van der Waals surface area contributed by atoms with Crippen molar-refractivity contribution >= 4 is 34.2 Å². The van der Waals surface area contributed by atoms with Crippen LogP contribution < -0.4 is 19.7 Å². The van der Waals surface area contributed by atoms with E-state index in [0.29, 0.717) is 52.6 Å². The second kappa shape index (κ2) is 11.8. The molecule has 1 aliphatic heterocycles. The molecule has 1 fully saturated rings. The van der Waals surface area contributed by atoms with Gasteiger partial charge < -0.3 is 29.2 Å². The van der Waals surface area contributed by atoms with Crippen LogP contribution >= 0.6 is 0 Å². The number of anilines is 2. The van der Waals surface area contributed by atoms with Crippen LogP contribution in [0.15, 0.2) is 72.8 Å². The molecule has 2 heterocycles. The van der Waals surface area contributed by atoms with Crippen molar-refractivity contribution in [3.8, 4) is 22.8 Å². The minimum absolute atomic E-state index is 0.313. The van der Waals surface area contributed by atoms with Gasteiger partial charge in [-0.25, -0.2) is 9.78 Å². The fourth-order valence-corrected chi connectivity index (χ4v) is 4.47. The Morgan fingerprint density at radius 3 is 2.41 bits per heavy atom. The summed E-state index contributed by atoms with van der Waals surface area (Å²) in [6.45, 7) is 2.64. The van der Waals surface area contributed by atoms with Gasteiger partial charge in [-0.1, -0.05) is 18.2 Å². The summed E-state index contributed by atoms with van der Waals surface area (Å²) in [5.41, 5.74) is 3.93. The maximum absolute atomic E-state index is 13.2. The van der Waals surface area contributed by atoms with Crippen molar-refractivity contribution < 1.29 is 28.5 Å². The number of carbonyl (C=O) groups is 2. The molecule has 200 valence electrons. The minimum atomic E-state index is -0.617. The number of nitrogens with one attached hydrogen (secondary N) is 1. The van der Waals surface area contributed by atoms with E-state index in [9.17, 15) is 9.59 Å². The monoisotopic (exact) mass is 527 g/mol. The van der Waals surface area contributed by atoms with Crippen molar-refractivity contribution in [1.82, 2.24) is 4.98 Å². The van der Waals surface area contributed by atoms with E-state index < -0.39 is 18.5 Å². The molecule has 9 nitrogen and oxygen atoms in total. The number of benzene rings is 3. The molecule has 0 atom stereocenters. The van der Waals surface area contributed by atoms with Gasteiger partial charge >= 0.3 is 5.97 Å². The summed E-state index contributed by atoms with van der Waals surface area (Å²) in [5.74, 6) is 0.0845. The molecule has 0 saturated carbocycles. The van der Waals surface area contributed by atoms with Gasteiger partial charge in [0.05, 0.1) is 44.2 Å². The van der Waals surface area contributed by atoms with E-state index in [1.54, 1.807) is 38.5 Å². The van der Waals surface area contributed by atoms with Crippen LogP contribution in [-0.2, 0) is 14.3 Å². The summed E-state index contributed by atoms with van der Waals surface area (Å²) in [4.78, 5) is 32.7. The molecule has 0 spiro atoms. The van der Waals surface area contributed by atoms with Gasteiger partial charge in [0.1, 0.15) is 0 Å². The Morgan fingerprint density at radius 1 is 0.923 bits per heavy atom. The van der Waals surface area contributed by atoms with Gasteiger partial charge in [0.25, 0.3) is 5.91 Å². The first-order valence-corrected chi connectivity index (χ1v) is 12.6. The molecule has 1 amide bonds. The van der Waals surface area contributed by atoms with Crippen LogP contribution in [0.25, 0.3) is 22.2 Å². The average molecular weight is 528 g/mol. The molecule has 1 aromatic heterocycles. The SMILES string of the molecule is COc1ccc(-c2cc(C(=O)OCC(=O)Nc3ccc(N4CCOCC4)cc3)c3ccccc3n2)cc1OC. The van der Waals surface area contributed by atoms with Crippen molar-refractivity contribution in [3.63, 3.8) is 0 Å². The number of rotatable bonds is 8. The maximum Gasteiger partial charge on any atom is 0.339 e. The molecule has 4 aromatic rings. The summed E-state index contributed by atoms with van der Waals surface area (Å²) >= 11 is 0. The second-order valence-corrected chi connectivity index (χ2v) is 8.91. The quantitative estimate of drug-likeness (QED) is 0.333. The van der Waals surface area contributed by atoms with Crippen LogP contribution in [0.1, 0.15) is 10.4 Å². The van der Waals surface area contributed by atoms with E-state index in [0.717, 1.165) is 24.3 Å². The Hall–Kier alpha value is -4.63. The Kier molecular flexibility index (Phi) is 7.88. The van der Waals surface area contributed by atoms with Crippen molar-refractivity contribution in [1.29, 1.82) is 0 Å². The number of methoxy groups -OCH3 is 2. The van der Waals surface area contributed by atoms with Gasteiger partial charge in [0, 0.05) is 35.4 Å². The lowest BCUT2D eigenvalue weighted by Crippen LogP contribution is -2.36. The minimum Gasteiger partial charge on any atom is -0.493 e. The predicted octanol–water partition coefficient (Wildman–Crippen LogP) is 4.55. The molecule has 9 heteroatoms. The molecule has 1 aliphatic rings. The van der Waals surface area contributed by atoms with E-state index in [4.69, 9.17) is 23.9 Å². The lowest BCUT2D eigenvalue weighted by molar-refractivity contribution is -0.119. The Balaban J connectivity index is 1.29. The number of ether oxygens (including phenoxy) is 4. The third-order valence-electron chi connectivity index (χ3n) is 6.48. The molecule has 3 aromatic carbocycles. The van der Waals surface area contributed by atoms with Gasteiger partial charge in [-0.15, -0.1) is 0 Å². The highest BCUT2D eigenvalue weighted by Crippen LogP contribution is 2.33. The normalized spacial score (nSPS) is 13.1. The summed E-state index contributed by atoms with van der Waals surface area (Å²) in [6, 6.07) is 21.9. The zero-order chi connectivity index (χ0) is 27.2. The number of nitrogens with zero attached hydrogens (tertiary/aromatic N) is 2. The fraction of sp³-hybridized carbons (Fsp3) is 0.233. The predicted molar refractivity (Wildman–Crippen MR) is 149 cm³/mol. The third-order valence-corrected chi connectivity index (χ3v) is 6.48. The number of morpholine rings is 1. The molecular formula is C30H29N3O6. The zero-order valence-electron chi connectivity index (χ0n) is 21.8. The van der Waals surface area contributed by atoms with E-state index >= 15 is 0 Å². The molecule has 1 N–H and O–H groups in total. The van der Waals surface area contributed by atoms with Crippen molar-refractivity contribution in [2.24, 2.45) is 0 Å². The molecular weight excluding hydrogens is 498 g/mol. The van der Waals surface area contributed by atoms with Crippen LogP contribution in [0, 0.1) is 0 Å². The number of hydrogen-bond donors (Lipinski definition) is 1. The number of carbonyl (C=O) groups excluding carboxylic acids is 2. The number of esters is 1. The largest absolute Gasteiger partial charge is 0.493 e. The highest BCUT2D eigenvalue weighted by Gasteiger charge is 2.18. The molecule has 39 heavy (non-hydrogen) atoms. The molecule has 0 bridgehead atoms. The first-order valence-electron chi connectivity index (χ1n) is 12.6. The van der Waals surface area contributed by atoms with Gasteiger partial charge in [0.15, 0.2) is 18.1 Å². The Morgan fingerprint density at radius 2 is 1.67 bits per heavy atom. The maximum atomic E-state index is 13.2. The number of pyridine rings is 1. The topological polar surface area (TPSA) is 99.2 Å². The van der Waals surface area contributed by atoms with E-state index in [1.165, 1.54) is 0 Å². The highest BCUT2D eigenvalue weighted by atomic mass is 16.5. The number of hydrogen-bond acceptors (Lipinski definition) is 8. The van der Waals surface area contributed by atoms with Gasteiger partial charge in [-0.05, 0) is 54.6 Å². The number of fused-ring (bicyclic) bond motifs is 1. The first kappa shape index (κ1) is 26.0. The van der Waals surface area contributed by atoms with E-state index in [1.807, 2.05) is 48.5 Å². The fourth-order valence-electron chi connectivity index (χ4n) is 4.47. The Labute approximate surface area is 226 Å². The highest BCUT2D eigenvalue weighted by molar-refractivity contribution is 6.05. The summed E-state index contributed by atoms with van der Waals surface area (Å²) in [6.07, 6.45) is 0. The third kappa shape index (κ3) is 5.94. The van der Waals surface area contributed by atoms with Gasteiger partial charge in [-0.2, -0.15) is 0 Å². The molecule has 0 aliphatic carbocycles. The molecule has 0 radical (unpaired) electrons. The zero-order valence-corrected chi connectivity index (χ0v) is 21.8. The number of amides is 1. The lowest BCUT2D eigenvalue weighted by atomic mass is 10.0. The van der Waals surface area contributed by atoms with Crippen LogP contribution in [0.4, 0.5) is 11.4 Å². The summed E-state index contributed by atoms with van der Waals surface area (Å²) in [5, 5.41) is 3.41. The van der Waals surface area contributed by atoms with Gasteiger partial charge in [-0.3, -0.25) is 4.79 Å². The standard InChI is InChI=1S/C30H29N3O6/c1-36-27-12-7-20(17-28(27)37-2)26-18-24(23-5-3-4-6-25(23)32-26)30(35)39-19-29(34)31-21-8-10-22(11-9-21)33-13-15-38-16-14-33/h3-12,17-18H,13-16,19H2,1-2H3,(H,31,34). The first-order chi connectivity index (χ1) is 19.1. The van der Waals surface area contributed by atoms with Crippen LogP contribution in [0.3, 0.4) is 0 Å². The van der Waals surface area contributed by atoms with Gasteiger partial charge in [0.2, 0.25) is 0 Å². The van der Waals surface area contributed by atoms with Crippen molar-refractivity contribution in [2.45, 2.75) is 0 Å². The lowest BCUT2D eigenvalue weighted by Gasteiger charge is -2.28. The van der Waals surface area contributed by atoms with Crippen molar-refractivity contribution in [2.75, 3.05) is 57.3 Å². The average Bonchev–Trinajstić information content (AvgIpc) is 2.99. The molecule has 5 rings (SSSR count). The smallest absolute Gasteiger partial charge is 0.339 e. The van der Waals surface area contributed by atoms with Crippen LogP contribution in [0.2, 0.25) is 0 Å². The second-order valence-electron chi connectivity index (χ2n) is 8.91. The van der Waals surface area contributed by atoms with Crippen LogP contribution in [0.5, 0.6) is 11.5 Å². The van der Waals surface area contributed by atoms with E-state index in [-0.39, 0.29) is 0 Å². The number of aromatic nitrogens is 1.